The summed E-state index contributed by atoms with van der Waals surface area (Å²) in [7, 11) is 0. The Morgan fingerprint density at radius 3 is 2.50 bits per heavy atom. The van der Waals surface area contributed by atoms with Gasteiger partial charge >= 0.3 is 6.18 Å². The number of benzene rings is 1. The lowest BCUT2D eigenvalue weighted by Gasteiger charge is -2.20. The summed E-state index contributed by atoms with van der Waals surface area (Å²) in [6.45, 7) is 6.15. The molecule has 2 heterocycles. The van der Waals surface area contributed by atoms with Gasteiger partial charge in [0.05, 0.1) is 22.9 Å². The topological polar surface area (TPSA) is 67.7 Å². The number of halogens is 3. The maximum Gasteiger partial charge on any atom is 0.421 e. The Labute approximate surface area is 160 Å². The van der Waals surface area contributed by atoms with Crippen LogP contribution >= 0.6 is 0 Å². The van der Waals surface area contributed by atoms with Gasteiger partial charge in [-0.1, -0.05) is 6.07 Å². The summed E-state index contributed by atoms with van der Waals surface area (Å²) in [6, 6.07) is 5.68. The SMILES string of the molecule is CC(C)(C)n1ncc2c(Nc3ncc(C(F)(F)F)c(NC4CC4)n3)cccc21. The van der Waals surface area contributed by atoms with Gasteiger partial charge in [-0.2, -0.15) is 23.3 Å². The van der Waals surface area contributed by atoms with E-state index in [1.165, 1.54) is 0 Å². The summed E-state index contributed by atoms with van der Waals surface area (Å²) < 4.78 is 41.7. The monoisotopic (exact) mass is 390 g/mol. The molecule has 2 N–H and O–H groups in total. The third kappa shape index (κ3) is 3.61. The molecular formula is C19H21F3N6. The molecule has 0 aliphatic heterocycles. The largest absolute Gasteiger partial charge is 0.421 e. The first kappa shape index (κ1) is 18.5. The predicted octanol–water partition coefficient (Wildman–Crippen LogP) is 4.92. The highest BCUT2D eigenvalue weighted by atomic mass is 19.4. The Hall–Kier alpha value is -2.84. The van der Waals surface area contributed by atoms with Crippen molar-refractivity contribution in [1.29, 1.82) is 0 Å². The molecule has 0 amide bonds. The summed E-state index contributed by atoms with van der Waals surface area (Å²) in [5.74, 6) is -0.0859. The average Bonchev–Trinajstić information content (AvgIpc) is 3.27. The second kappa shape index (κ2) is 6.35. The van der Waals surface area contributed by atoms with Crippen LogP contribution in [0.5, 0.6) is 0 Å². The fourth-order valence-electron chi connectivity index (χ4n) is 3.00. The van der Waals surface area contributed by atoms with E-state index in [0.717, 1.165) is 29.9 Å². The smallest absolute Gasteiger partial charge is 0.367 e. The number of fused-ring (bicyclic) bond motifs is 1. The molecule has 6 nitrogen and oxygen atoms in total. The van der Waals surface area contributed by atoms with Crippen LogP contribution in [-0.4, -0.2) is 25.8 Å². The molecule has 0 atom stereocenters. The molecule has 0 bridgehead atoms. The summed E-state index contributed by atoms with van der Waals surface area (Å²) in [5.41, 5.74) is 0.543. The van der Waals surface area contributed by atoms with Gasteiger partial charge in [-0.05, 0) is 45.7 Å². The van der Waals surface area contributed by atoms with Crippen molar-refractivity contribution in [2.75, 3.05) is 10.6 Å². The maximum atomic E-state index is 13.2. The average molecular weight is 390 g/mol. The number of rotatable bonds is 4. The van der Waals surface area contributed by atoms with Crippen molar-refractivity contribution < 1.29 is 13.2 Å². The van der Waals surface area contributed by atoms with E-state index in [9.17, 15) is 13.2 Å². The van der Waals surface area contributed by atoms with Crippen molar-refractivity contribution in [3.8, 4) is 0 Å². The van der Waals surface area contributed by atoms with Crippen LogP contribution in [0, 0.1) is 0 Å². The molecule has 1 aliphatic rings. The van der Waals surface area contributed by atoms with E-state index in [2.05, 4.69) is 25.7 Å². The first-order valence-electron chi connectivity index (χ1n) is 9.08. The zero-order valence-electron chi connectivity index (χ0n) is 15.8. The summed E-state index contributed by atoms with van der Waals surface area (Å²) >= 11 is 0. The minimum atomic E-state index is -4.51. The van der Waals surface area contributed by atoms with Gasteiger partial charge in [-0.3, -0.25) is 4.68 Å². The van der Waals surface area contributed by atoms with Crippen LogP contribution in [0.4, 0.5) is 30.6 Å². The third-order valence-electron chi connectivity index (χ3n) is 4.51. The third-order valence-corrected chi connectivity index (χ3v) is 4.51. The van der Waals surface area contributed by atoms with Crippen molar-refractivity contribution in [2.24, 2.45) is 0 Å². The molecule has 0 saturated heterocycles. The normalized spacial score (nSPS) is 15.1. The summed E-state index contributed by atoms with van der Waals surface area (Å²) in [4.78, 5) is 7.98. The molecule has 148 valence electrons. The van der Waals surface area contributed by atoms with Gasteiger partial charge in [-0.25, -0.2) is 4.98 Å². The zero-order valence-corrected chi connectivity index (χ0v) is 15.8. The highest BCUT2D eigenvalue weighted by Crippen LogP contribution is 2.36. The summed E-state index contributed by atoms with van der Waals surface area (Å²) in [6.07, 6.45) is -0.274. The fourth-order valence-corrected chi connectivity index (χ4v) is 3.00. The van der Waals surface area contributed by atoms with Crippen LogP contribution in [0.3, 0.4) is 0 Å². The van der Waals surface area contributed by atoms with Crippen LogP contribution < -0.4 is 10.6 Å². The Morgan fingerprint density at radius 2 is 1.86 bits per heavy atom. The van der Waals surface area contributed by atoms with Crippen molar-refractivity contribution >= 4 is 28.4 Å². The highest BCUT2D eigenvalue weighted by molar-refractivity contribution is 5.92. The van der Waals surface area contributed by atoms with E-state index >= 15 is 0 Å². The van der Waals surface area contributed by atoms with Crippen molar-refractivity contribution in [3.63, 3.8) is 0 Å². The highest BCUT2D eigenvalue weighted by Gasteiger charge is 2.37. The maximum absolute atomic E-state index is 13.2. The van der Waals surface area contributed by atoms with Crippen molar-refractivity contribution in [1.82, 2.24) is 19.7 Å². The number of nitrogens with one attached hydrogen (secondary N) is 2. The number of hydrogen-bond acceptors (Lipinski definition) is 5. The Balaban J connectivity index is 1.70. The molecule has 1 aliphatic carbocycles. The van der Waals surface area contributed by atoms with Crippen LogP contribution in [0.1, 0.15) is 39.2 Å². The molecule has 1 fully saturated rings. The van der Waals surface area contributed by atoms with E-state index in [1.54, 1.807) is 6.20 Å². The van der Waals surface area contributed by atoms with Gasteiger partial charge in [0, 0.05) is 17.6 Å². The predicted molar refractivity (Wildman–Crippen MR) is 102 cm³/mol. The molecule has 9 heteroatoms. The van der Waals surface area contributed by atoms with Gasteiger partial charge in [-0.15, -0.1) is 0 Å². The quantitative estimate of drug-likeness (QED) is 0.662. The van der Waals surface area contributed by atoms with E-state index in [0.29, 0.717) is 5.69 Å². The Kier molecular flexibility index (Phi) is 4.20. The lowest BCUT2D eigenvalue weighted by Crippen LogP contribution is -2.22. The molecule has 4 rings (SSSR count). The lowest BCUT2D eigenvalue weighted by atomic mass is 10.1. The minimum Gasteiger partial charge on any atom is -0.367 e. The molecule has 0 radical (unpaired) electrons. The van der Waals surface area contributed by atoms with Gasteiger partial charge in [0.2, 0.25) is 5.95 Å². The Morgan fingerprint density at radius 1 is 1.11 bits per heavy atom. The second-order valence-electron chi connectivity index (χ2n) is 7.96. The van der Waals surface area contributed by atoms with E-state index < -0.39 is 11.7 Å². The molecule has 0 spiro atoms. The number of hydrogen-bond donors (Lipinski definition) is 2. The number of nitrogens with zero attached hydrogens (tertiary/aromatic N) is 4. The second-order valence-corrected chi connectivity index (χ2v) is 7.96. The number of anilines is 3. The van der Waals surface area contributed by atoms with E-state index in [-0.39, 0.29) is 23.3 Å². The molecule has 0 unspecified atom stereocenters. The van der Waals surface area contributed by atoms with Gasteiger partial charge in [0.25, 0.3) is 0 Å². The lowest BCUT2D eigenvalue weighted by molar-refractivity contribution is -0.137. The van der Waals surface area contributed by atoms with Crippen LogP contribution in [0.2, 0.25) is 0 Å². The fraction of sp³-hybridized carbons (Fsp3) is 0.421. The molecule has 3 aromatic rings. The van der Waals surface area contributed by atoms with E-state index in [4.69, 9.17) is 0 Å². The molecular weight excluding hydrogens is 369 g/mol. The molecule has 1 saturated carbocycles. The van der Waals surface area contributed by atoms with Crippen LogP contribution in [0.25, 0.3) is 10.9 Å². The van der Waals surface area contributed by atoms with Crippen molar-refractivity contribution in [2.45, 2.75) is 51.4 Å². The zero-order chi connectivity index (χ0) is 20.1. The standard InChI is InChI=1S/C19H21F3N6/c1-18(2,3)28-15-6-4-5-14(12(15)9-24-28)26-17-23-10-13(19(20,21)22)16(27-17)25-11-7-8-11/h4-6,9-11H,7-8H2,1-3H3,(H2,23,25,26,27). The minimum absolute atomic E-state index is 0.0392. The van der Waals surface area contributed by atoms with E-state index in [1.807, 2.05) is 43.7 Å². The number of alkyl halides is 3. The first-order valence-corrected chi connectivity index (χ1v) is 9.08. The number of aromatic nitrogens is 4. The Bertz CT molecular complexity index is 1010. The van der Waals surface area contributed by atoms with Crippen LogP contribution in [0.15, 0.2) is 30.6 Å². The molecule has 1 aromatic carbocycles. The summed E-state index contributed by atoms with van der Waals surface area (Å²) in [5, 5.41) is 11.2. The van der Waals surface area contributed by atoms with Crippen molar-refractivity contribution in [3.05, 3.63) is 36.2 Å². The molecule has 2 aromatic heterocycles. The molecule has 28 heavy (non-hydrogen) atoms. The van der Waals surface area contributed by atoms with Gasteiger partial charge in [0.1, 0.15) is 11.4 Å². The van der Waals surface area contributed by atoms with Gasteiger partial charge < -0.3 is 10.6 Å². The van der Waals surface area contributed by atoms with Gasteiger partial charge in [0.15, 0.2) is 0 Å². The first-order chi connectivity index (χ1) is 13.1. The van der Waals surface area contributed by atoms with Crippen LogP contribution in [-0.2, 0) is 11.7 Å².